The molecule has 1 aromatic rings. The Morgan fingerprint density at radius 2 is 2.31 bits per heavy atom. The molecule has 148 valence electrons. The average molecular weight is 478 g/mol. The lowest BCUT2D eigenvalue weighted by molar-refractivity contribution is 0.255. The minimum atomic E-state index is -0.265. The Hall–Kier alpha value is -1.16. The van der Waals surface area contributed by atoms with E-state index in [0.717, 1.165) is 45.0 Å². The van der Waals surface area contributed by atoms with E-state index in [4.69, 9.17) is 0 Å². The van der Waals surface area contributed by atoms with Crippen LogP contribution in [-0.4, -0.2) is 68.2 Å². The first-order valence-corrected chi connectivity index (χ1v) is 9.08. The van der Waals surface area contributed by atoms with Crippen molar-refractivity contribution in [2.24, 2.45) is 4.99 Å². The van der Waals surface area contributed by atoms with E-state index in [-0.39, 0.29) is 35.8 Å². The third-order valence-electron chi connectivity index (χ3n) is 4.89. The van der Waals surface area contributed by atoms with Crippen molar-refractivity contribution >= 4 is 35.8 Å². The summed E-state index contributed by atoms with van der Waals surface area (Å²) in [4.78, 5) is 12.8. The van der Waals surface area contributed by atoms with Crippen LogP contribution in [0, 0.1) is 5.82 Å². The molecule has 1 saturated heterocycles. The molecule has 0 saturated carbocycles. The third-order valence-corrected chi connectivity index (χ3v) is 4.89. The number of hydrogen-bond acceptors (Lipinski definition) is 4. The number of hydrogen-bond donors (Lipinski definition) is 2. The number of pyridine rings is 1. The van der Waals surface area contributed by atoms with Crippen molar-refractivity contribution in [1.82, 2.24) is 20.5 Å². The largest absolute Gasteiger partial charge is 0.355 e. The lowest BCUT2D eigenvalue weighted by Crippen LogP contribution is -2.47. The van der Waals surface area contributed by atoms with Gasteiger partial charge in [-0.2, -0.15) is 0 Å². The number of nitrogens with one attached hydrogen (secondary N) is 2. The van der Waals surface area contributed by atoms with Gasteiger partial charge in [-0.15, -0.1) is 24.0 Å². The molecule has 2 N–H and O–H groups in total. The van der Waals surface area contributed by atoms with Gasteiger partial charge in [0.2, 0.25) is 0 Å². The van der Waals surface area contributed by atoms with Crippen molar-refractivity contribution in [2.45, 2.75) is 38.8 Å². The minimum Gasteiger partial charge on any atom is -0.355 e. The molecule has 1 aromatic heterocycles. The van der Waals surface area contributed by atoms with Crippen LogP contribution in [0.25, 0.3) is 0 Å². The fourth-order valence-corrected chi connectivity index (χ4v) is 2.95. The molecule has 0 spiro atoms. The van der Waals surface area contributed by atoms with Crippen LogP contribution in [0.4, 0.5) is 10.2 Å². The molecular formula is C18H32FIN6. The Balaban J connectivity index is 0.00000338. The summed E-state index contributed by atoms with van der Waals surface area (Å²) in [6.45, 7) is 7.75. The monoisotopic (exact) mass is 478 g/mol. The van der Waals surface area contributed by atoms with Gasteiger partial charge < -0.3 is 20.4 Å². The van der Waals surface area contributed by atoms with Crippen molar-refractivity contribution in [1.29, 1.82) is 0 Å². The highest BCUT2D eigenvalue weighted by Crippen LogP contribution is 2.20. The van der Waals surface area contributed by atoms with E-state index in [1.54, 1.807) is 19.3 Å². The van der Waals surface area contributed by atoms with Gasteiger partial charge in [-0.25, -0.2) is 9.37 Å². The van der Waals surface area contributed by atoms with E-state index in [2.05, 4.69) is 46.4 Å². The minimum absolute atomic E-state index is 0. The first-order chi connectivity index (χ1) is 12.0. The molecule has 2 heterocycles. The molecule has 26 heavy (non-hydrogen) atoms. The second-order valence-corrected chi connectivity index (χ2v) is 6.62. The van der Waals surface area contributed by atoms with E-state index in [9.17, 15) is 4.39 Å². The van der Waals surface area contributed by atoms with Gasteiger partial charge in [-0.1, -0.05) is 6.92 Å². The maximum Gasteiger partial charge on any atom is 0.191 e. The number of nitrogens with zero attached hydrogens (tertiary/aromatic N) is 4. The van der Waals surface area contributed by atoms with Gasteiger partial charge in [0.15, 0.2) is 17.6 Å². The van der Waals surface area contributed by atoms with Crippen molar-refractivity contribution in [3.05, 3.63) is 24.1 Å². The highest BCUT2D eigenvalue weighted by atomic mass is 127. The number of guanidine groups is 1. The molecular weight excluding hydrogens is 446 g/mol. The molecule has 6 nitrogen and oxygen atoms in total. The van der Waals surface area contributed by atoms with E-state index in [1.165, 1.54) is 6.07 Å². The second-order valence-electron chi connectivity index (χ2n) is 6.62. The van der Waals surface area contributed by atoms with Crippen molar-refractivity contribution in [2.75, 3.05) is 45.2 Å². The van der Waals surface area contributed by atoms with Crippen molar-refractivity contribution in [3.8, 4) is 0 Å². The van der Waals surface area contributed by atoms with Gasteiger partial charge in [0.1, 0.15) is 0 Å². The molecule has 0 aromatic carbocycles. The molecule has 0 amide bonds. The topological polar surface area (TPSA) is 55.8 Å². The Bertz CT molecular complexity index is 570. The van der Waals surface area contributed by atoms with Crippen LogP contribution in [0.3, 0.4) is 0 Å². The maximum atomic E-state index is 13.9. The van der Waals surface area contributed by atoms with E-state index < -0.39 is 0 Å². The Kier molecular flexibility index (Phi) is 10.1. The van der Waals surface area contributed by atoms with Gasteiger partial charge >= 0.3 is 0 Å². The zero-order valence-electron chi connectivity index (χ0n) is 16.2. The van der Waals surface area contributed by atoms with E-state index in [0.29, 0.717) is 11.9 Å². The number of anilines is 1. The summed E-state index contributed by atoms with van der Waals surface area (Å²) in [5.74, 6) is 0.967. The Morgan fingerprint density at radius 1 is 1.54 bits per heavy atom. The summed E-state index contributed by atoms with van der Waals surface area (Å²) in [7, 11) is 3.92. The van der Waals surface area contributed by atoms with Gasteiger partial charge in [-0.05, 0) is 38.9 Å². The first kappa shape index (κ1) is 22.9. The Morgan fingerprint density at radius 3 is 2.96 bits per heavy atom. The quantitative estimate of drug-likeness (QED) is 0.358. The smallest absolute Gasteiger partial charge is 0.191 e. The molecule has 8 heteroatoms. The van der Waals surface area contributed by atoms with Crippen LogP contribution in [0.1, 0.15) is 26.7 Å². The summed E-state index contributed by atoms with van der Waals surface area (Å²) >= 11 is 0. The molecule has 0 radical (unpaired) electrons. The molecule has 2 rings (SSSR count). The molecule has 2 atom stereocenters. The normalized spacial score (nSPS) is 18.6. The van der Waals surface area contributed by atoms with Crippen molar-refractivity contribution in [3.63, 3.8) is 0 Å². The first-order valence-electron chi connectivity index (χ1n) is 9.08. The summed E-state index contributed by atoms with van der Waals surface area (Å²) in [6, 6.07) is 3.89. The lowest BCUT2D eigenvalue weighted by Gasteiger charge is -2.24. The molecule has 2 unspecified atom stereocenters. The number of likely N-dealkylation sites (N-methyl/N-ethyl adjacent to an activating group) is 1. The summed E-state index contributed by atoms with van der Waals surface area (Å²) < 4.78 is 13.9. The van der Waals surface area contributed by atoms with Gasteiger partial charge in [0.25, 0.3) is 0 Å². The zero-order chi connectivity index (χ0) is 18.2. The molecule has 0 aliphatic carbocycles. The SMILES string of the molecule is CCC(C)N(C)CCNC(=NC)NC1CCN(c2ncccc2F)C1.I. The Labute approximate surface area is 173 Å². The molecule has 1 aliphatic rings. The standard InChI is InChI=1S/C18H31FN6.HI/c1-5-14(2)24(4)12-10-22-18(20-3)23-15-8-11-25(13-15)17-16(19)7-6-9-21-17;/h6-7,9,14-15H,5,8,10-13H2,1-4H3,(H2,20,22,23);1H. The van der Waals surface area contributed by atoms with Crippen LogP contribution in [0.15, 0.2) is 23.3 Å². The number of aromatic nitrogens is 1. The van der Waals surface area contributed by atoms with Crippen LogP contribution < -0.4 is 15.5 Å². The highest BCUT2D eigenvalue weighted by molar-refractivity contribution is 14.0. The van der Waals surface area contributed by atoms with E-state index in [1.807, 2.05) is 4.90 Å². The van der Waals surface area contributed by atoms with E-state index >= 15 is 0 Å². The van der Waals surface area contributed by atoms with Gasteiger partial charge in [0, 0.05) is 51.5 Å². The van der Waals surface area contributed by atoms with Gasteiger partial charge in [-0.3, -0.25) is 4.99 Å². The van der Waals surface area contributed by atoms with Crippen LogP contribution in [-0.2, 0) is 0 Å². The summed E-state index contributed by atoms with van der Waals surface area (Å²) in [6.07, 6.45) is 3.71. The van der Waals surface area contributed by atoms with Crippen LogP contribution in [0.5, 0.6) is 0 Å². The number of aliphatic imine (C=N–C) groups is 1. The fraction of sp³-hybridized carbons (Fsp3) is 0.667. The number of rotatable bonds is 7. The number of halogens is 2. The third kappa shape index (κ3) is 6.53. The van der Waals surface area contributed by atoms with Gasteiger partial charge in [0.05, 0.1) is 0 Å². The predicted molar refractivity (Wildman–Crippen MR) is 117 cm³/mol. The van der Waals surface area contributed by atoms with Crippen LogP contribution in [0.2, 0.25) is 0 Å². The van der Waals surface area contributed by atoms with Crippen molar-refractivity contribution < 1.29 is 4.39 Å². The lowest BCUT2D eigenvalue weighted by atomic mass is 10.2. The molecule has 1 fully saturated rings. The predicted octanol–water partition coefficient (Wildman–Crippen LogP) is 2.31. The molecule has 0 bridgehead atoms. The highest BCUT2D eigenvalue weighted by Gasteiger charge is 2.25. The molecule has 1 aliphatic heterocycles. The second kappa shape index (κ2) is 11.5. The zero-order valence-corrected chi connectivity index (χ0v) is 18.5. The average Bonchev–Trinajstić information content (AvgIpc) is 3.08. The maximum absolute atomic E-state index is 13.9. The fourth-order valence-electron chi connectivity index (χ4n) is 2.95. The summed E-state index contributed by atoms with van der Waals surface area (Å²) in [5.41, 5.74) is 0. The van der Waals surface area contributed by atoms with Crippen LogP contribution >= 0.6 is 24.0 Å². The summed E-state index contributed by atoms with van der Waals surface area (Å²) in [5, 5.41) is 6.79.